The molecule has 0 bridgehead atoms. The van der Waals surface area contributed by atoms with E-state index >= 15 is 0 Å². The van der Waals surface area contributed by atoms with Gasteiger partial charge in [0.1, 0.15) is 26.2 Å². The van der Waals surface area contributed by atoms with Gasteiger partial charge in [-0.2, -0.15) is 0 Å². The van der Waals surface area contributed by atoms with Crippen LogP contribution in [0.1, 0.15) is 21.3 Å². The van der Waals surface area contributed by atoms with Crippen molar-refractivity contribution >= 4 is 17.1 Å². The van der Waals surface area contributed by atoms with Gasteiger partial charge in [-0.05, 0) is 11.4 Å². The van der Waals surface area contributed by atoms with Gasteiger partial charge in [-0.3, -0.25) is 4.79 Å². The van der Waals surface area contributed by atoms with E-state index < -0.39 is 0 Å². The molecule has 6 heteroatoms. The van der Waals surface area contributed by atoms with E-state index in [0.29, 0.717) is 0 Å². The molecule has 2 aromatic rings. The first kappa shape index (κ1) is 18.8. The van der Waals surface area contributed by atoms with Gasteiger partial charge in [0.05, 0.1) is 31.3 Å². The van der Waals surface area contributed by atoms with Crippen molar-refractivity contribution in [2.24, 2.45) is 0 Å². The summed E-state index contributed by atoms with van der Waals surface area (Å²) in [5.41, 5.74) is 0.815. The van der Waals surface area contributed by atoms with Crippen molar-refractivity contribution in [2.45, 2.75) is 12.1 Å². The van der Waals surface area contributed by atoms with E-state index in [4.69, 9.17) is 9.47 Å². The van der Waals surface area contributed by atoms with Crippen LogP contribution in [0.5, 0.6) is 0 Å². The Bertz CT molecular complexity index is 710. The van der Waals surface area contributed by atoms with Crippen LogP contribution in [0.4, 0.5) is 0 Å². The van der Waals surface area contributed by atoms with Gasteiger partial charge in [0.15, 0.2) is 6.04 Å². The van der Waals surface area contributed by atoms with Crippen molar-refractivity contribution < 1.29 is 24.1 Å². The van der Waals surface area contributed by atoms with Crippen molar-refractivity contribution in [3.8, 4) is 0 Å². The minimum Gasteiger partial charge on any atom is -0.370 e. The average Bonchev–Trinajstić information content (AvgIpc) is 3.28. The Labute approximate surface area is 164 Å². The molecule has 1 aromatic heterocycles. The molecule has 4 rings (SSSR count). The summed E-state index contributed by atoms with van der Waals surface area (Å²) in [5, 5.41) is 2.13. The fraction of sp³-hybridized carbons (Fsp3) is 0.476. The largest absolute Gasteiger partial charge is 0.370 e. The number of Topliss-reactive ketones (excluding diaryl/α,β-unsaturated/α-hetero) is 1. The van der Waals surface area contributed by atoms with Crippen LogP contribution in [0, 0.1) is 0 Å². The number of benzene rings is 1. The Morgan fingerprint density at radius 2 is 1.48 bits per heavy atom. The molecule has 2 N–H and O–H groups in total. The first-order valence-electron chi connectivity index (χ1n) is 9.82. The third-order valence-corrected chi connectivity index (χ3v) is 6.63. The first-order valence-corrected chi connectivity index (χ1v) is 10.7. The fourth-order valence-corrected chi connectivity index (χ4v) is 5.23. The highest BCUT2D eigenvalue weighted by molar-refractivity contribution is 7.10. The monoisotopic (exact) mass is 388 g/mol. The zero-order chi connectivity index (χ0) is 18.5. The molecule has 0 spiro atoms. The van der Waals surface area contributed by atoms with Crippen LogP contribution in [-0.4, -0.2) is 64.4 Å². The summed E-state index contributed by atoms with van der Waals surface area (Å²) in [6.45, 7) is 6.65. The Hall–Kier alpha value is -1.57. The highest BCUT2D eigenvalue weighted by Gasteiger charge is 2.46. The zero-order valence-corrected chi connectivity index (χ0v) is 16.4. The van der Waals surface area contributed by atoms with E-state index in [-0.39, 0.29) is 17.9 Å². The molecule has 0 aliphatic carbocycles. The fourth-order valence-electron chi connectivity index (χ4n) is 4.31. The number of quaternary nitrogens is 2. The lowest BCUT2D eigenvalue weighted by atomic mass is 9.93. The standard InChI is InChI=1S/C21H26N2O3S/c24-21(17-5-2-1-3-6-17)20(23-10-14-26-15-11-23)19(18-7-4-16-27-18)22-8-12-25-13-9-22/h1-7,16,19-20H,8-15H2/p+2/t19-,20+/m0/s1. The van der Waals surface area contributed by atoms with E-state index in [2.05, 4.69) is 17.5 Å². The van der Waals surface area contributed by atoms with Crippen LogP contribution >= 0.6 is 11.3 Å². The van der Waals surface area contributed by atoms with Gasteiger partial charge in [0.2, 0.25) is 11.8 Å². The van der Waals surface area contributed by atoms with Gasteiger partial charge in [-0.15, -0.1) is 11.3 Å². The Balaban J connectivity index is 1.72. The quantitative estimate of drug-likeness (QED) is 0.678. The third kappa shape index (κ3) is 4.31. The summed E-state index contributed by atoms with van der Waals surface area (Å²) in [6.07, 6.45) is 0. The van der Waals surface area contributed by atoms with Crippen molar-refractivity contribution in [2.75, 3.05) is 52.6 Å². The highest BCUT2D eigenvalue weighted by atomic mass is 32.1. The number of carbonyl (C=O) groups is 1. The number of rotatable bonds is 6. The molecule has 2 saturated heterocycles. The van der Waals surface area contributed by atoms with E-state index in [1.165, 1.54) is 14.7 Å². The first-order chi connectivity index (χ1) is 13.3. The minimum absolute atomic E-state index is 0.0944. The highest BCUT2D eigenvalue weighted by Crippen LogP contribution is 2.21. The summed E-state index contributed by atoms with van der Waals surface area (Å²) < 4.78 is 11.2. The topological polar surface area (TPSA) is 44.4 Å². The molecule has 0 unspecified atom stereocenters. The van der Waals surface area contributed by atoms with Crippen molar-refractivity contribution in [3.63, 3.8) is 0 Å². The van der Waals surface area contributed by atoms with Crippen LogP contribution < -0.4 is 9.80 Å². The Kier molecular flexibility index (Phi) is 6.32. The molecular formula is C21H28N2O3S+2. The number of morpholine rings is 2. The Morgan fingerprint density at radius 3 is 2.07 bits per heavy atom. The van der Waals surface area contributed by atoms with Crippen LogP contribution in [0.25, 0.3) is 0 Å². The summed E-state index contributed by atoms with van der Waals surface area (Å²) in [7, 11) is 0. The molecule has 0 saturated carbocycles. The molecule has 2 fully saturated rings. The van der Waals surface area contributed by atoms with Crippen molar-refractivity contribution in [1.29, 1.82) is 0 Å². The average molecular weight is 389 g/mol. The second kappa shape index (κ2) is 9.08. The van der Waals surface area contributed by atoms with E-state index in [0.717, 1.165) is 58.2 Å². The van der Waals surface area contributed by atoms with Crippen molar-refractivity contribution in [1.82, 2.24) is 0 Å². The normalized spacial score (nSPS) is 21.6. The SMILES string of the molecule is O=C(c1ccccc1)[C@@H]([C@H](c1cccs1)[NH+]1CCOCC1)[NH+]1CCOCC1. The maximum absolute atomic E-state index is 13.7. The number of nitrogens with one attached hydrogen (secondary N) is 2. The predicted octanol–water partition coefficient (Wildman–Crippen LogP) is -0.129. The van der Waals surface area contributed by atoms with E-state index in [1.54, 1.807) is 11.3 Å². The van der Waals surface area contributed by atoms with Gasteiger partial charge in [-0.25, -0.2) is 0 Å². The predicted molar refractivity (Wildman–Crippen MR) is 105 cm³/mol. The number of carbonyl (C=O) groups excluding carboxylic acids is 1. The van der Waals surface area contributed by atoms with Gasteiger partial charge in [-0.1, -0.05) is 36.4 Å². The van der Waals surface area contributed by atoms with Crippen LogP contribution in [0.15, 0.2) is 47.8 Å². The van der Waals surface area contributed by atoms with Gasteiger partial charge in [0.25, 0.3) is 0 Å². The van der Waals surface area contributed by atoms with Crippen molar-refractivity contribution in [3.05, 3.63) is 58.3 Å². The lowest BCUT2D eigenvalue weighted by Gasteiger charge is -2.39. The smallest absolute Gasteiger partial charge is 0.226 e. The van der Waals surface area contributed by atoms with Crippen LogP contribution in [0.3, 0.4) is 0 Å². The number of hydrogen-bond donors (Lipinski definition) is 2. The second-order valence-corrected chi connectivity index (χ2v) is 8.22. The summed E-state index contributed by atoms with van der Waals surface area (Å²) >= 11 is 1.77. The lowest BCUT2D eigenvalue weighted by Crippen LogP contribution is -3.25. The third-order valence-electron chi connectivity index (χ3n) is 5.67. The maximum Gasteiger partial charge on any atom is 0.226 e. The van der Waals surface area contributed by atoms with Crippen LogP contribution in [0.2, 0.25) is 0 Å². The molecule has 1 aromatic carbocycles. The zero-order valence-electron chi connectivity index (χ0n) is 15.6. The second-order valence-electron chi connectivity index (χ2n) is 7.24. The maximum atomic E-state index is 13.7. The molecular weight excluding hydrogens is 360 g/mol. The summed E-state index contributed by atoms with van der Waals surface area (Å²) in [6, 6.07) is 14.2. The van der Waals surface area contributed by atoms with E-state index in [1.807, 2.05) is 30.3 Å². The molecule has 5 nitrogen and oxygen atoms in total. The van der Waals surface area contributed by atoms with E-state index in [9.17, 15) is 4.79 Å². The molecule has 2 aliphatic heterocycles. The minimum atomic E-state index is -0.0944. The molecule has 2 atom stereocenters. The lowest BCUT2D eigenvalue weighted by molar-refractivity contribution is -0.998. The molecule has 27 heavy (non-hydrogen) atoms. The molecule has 0 radical (unpaired) electrons. The number of ether oxygens (including phenoxy) is 2. The Morgan fingerprint density at radius 1 is 0.852 bits per heavy atom. The molecule has 2 aliphatic rings. The van der Waals surface area contributed by atoms with Gasteiger partial charge in [0, 0.05) is 5.56 Å². The molecule has 144 valence electrons. The summed E-state index contributed by atoms with van der Waals surface area (Å²) in [5.74, 6) is 0.255. The summed E-state index contributed by atoms with van der Waals surface area (Å²) in [4.78, 5) is 17.9. The molecule has 3 heterocycles. The number of hydrogen-bond acceptors (Lipinski definition) is 4. The number of thiophene rings is 1. The van der Waals surface area contributed by atoms with Gasteiger partial charge < -0.3 is 19.3 Å². The number of ketones is 1. The van der Waals surface area contributed by atoms with Gasteiger partial charge >= 0.3 is 0 Å². The van der Waals surface area contributed by atoms with Crippen LogP contribution in [-0.2, 0) is 9.47 Å². The molecule has 0 amide bonds.